The van der Waals surface area contributed by atoms with E-state index in [9.17, 15) is 13.2 Å². The van der Waals surface area contributed by atoms with Crippen LogP contribution in [-0.2, 0) is 25.7 Å². The van der Waals surface area contributed by atoms with Crippen LogP contribution in [0.4, 0.5) is 18.9 Å². The number of nitriles is 1. The lowest BCUT2D eigenvalue weighted by Gasteiger charge is -2.27. The summed E-state index contributed by atoms with van der Waals surface area (Å²) in [7, 11) is 0. The first-order valence-corrected chi connectivity index (χ1v) is 13.7. The fourth-order valence-electron chi connectivity index (χ4n) is 4.10. The second-order valence-electron chi connectivity index (χ2n) is 8.81. The summed E-state index contributed by atoms with van der Waals surface area (Å²) < 4.78 is 43.2. The zero-order chi connectivity index (χ0) is 27.8. The van der Waals surface area contributed by atoms with Crippen molar-refractivity contribution in [3.8, 4) is 6.07 Å². The number of imidazole rings is 1. The average Bonchev–Trinajstić information content (AvgIpc) is 3.38. The monoisotopic (exact) mass is 565 g/mol. The van der Waals surface area contributed by atoms with Gasteiger partial charge in [-0.1, -0.05) is 30.3 Å². The molecular formula is C29H26F3N5S2. The van der Waals surface area contributed by atoms with Gasteiger partial charge < -0.3 is 14.8 Å². The Balaban J connectivity index is 1.54. The molecule has 0 bridgehead atoms. The first-order valence-electron chi connectivity index (χ1n) is 12.1. The molecule has 0 amide bonds. The Morgan fingerprint density at radius 2 is 1.79 bits per heavy atom. The third-order valence-electron chi connectivity index (χ3n) is 6.18. The lowest BCUT2D eigenvalue weighted by Crippen LogP contribution is -2.36. The highest BCUT2D eigenvalue weighted by Gasteiger charge is 2.33. The van der Waals surface area contributed by atoms with E-state index in [4.69, 9.17) is 17.5 Å². The molecule has 39 heavy (non-hydrogen) atoms. The molecule has 0 radical (unpaired) electrons. The standard InChI is InChI=1S/C29H26F3N5S2/c1-39-26-12-10-24(11-13-26)35-28(38)36(19-23-4-2-3-5-27(23)29(30,31)32)15-14-25-17-34-20-37(25)18-22-8-6-21(16-33)7-9-22/h2-13,17,20H,14-15,18-19H2,1H3,(H,35,38). The maximum Gasteiger partial charge on any atom is 0.416 e. The molecule has 0 aliphatic heterocycles. The van der Waals surface area contributed by atoms with Crippen molar-refractivity contribution in [3.05, 3.63) is 113 Å². The van der Waals surface area contributed by atoms with Gasteiger partial charge in [0, 0.05) is 48.5 Å². The van der Waals surface area contributed by atoms with Crippen molar-refractivity contribution < 1.29 is 13.2 Å². The molecular weight excluding hydrogens is 539 g/mol. The van der Waals surface area contributed by atoms with Crippen LogP contribution in [0.25, 0.3) is 0 Å². The van der Waals surface area contributed by atoms with Gasteiger partial charge in [0.15, 0.2) is 5.11 Å². The Morgan fingerprint density at radius 3 is 2.46 bits per heavy atom. The first-order chi connectivity index (χ1) is 18.8. The number of alkyl halides is 3. The van der Waals surface area contributed by atoms with E-state index in [1.807, 2.05) is 47.2 Å². The molecule has 0 aliphatic rings. The zero-order valence-electron chi connectivity index (χ0n) is 21.2. The number of halogens is 3. The minimum absolute atomic E-state index is 0.00578. The van der Waals surface area contributed by atoms with Gasteiger partial charge in [-0.05, 0) is 72.1 Å². The van der Waals surface area contributed by atoms with E-state index in [1.165, 1.54) is 12.1 Å². The number of nitrogens with zero attached hydrogens (tertiary/aromatic N) is 4. The Morgan fingerprint density at radius 1 is 1.08 bits per heavy atom. The van der Waals surface area contributed by atoms with Gasteiger partial charge in [-0.3, -0.25) is 0 Å². The van der Waals surface area contributed by atoms with E-state index in [2.05, 4.69) is 16.4 Å². The van der Waals surface area contributed by atoms with Crippen LogP contribution in [0.2, 0.25) is 0 Å². The second kappa shape index (κ2) is 12.8. The number of hydrogen-bond acceptors (Lipinski definition) is 4. The summed E-state index contributed by atoms with van der Waals surface area (Å²) in [5.41, 5.74) is 2.75. The van der Waals surface area contributed by atoms with Crippen molar-refractivity contribution in [2.45, 2.75) is 30.6 Å². The molecule has 0 atom stereocenters. The van der Waals surface area contributed by atoms with Gasteiger partial charge >= 0.3 is 6.18 Å². The zero-order valence-corrected chi connectivity index (χ0v) is 22.8. The van der Waals surface area contributed by atoms with Crippen molar-refractivity contribution in [1.82, 2.24) is 14.5 Å². The number of hydrogen-bond donors (Lipinski definition) is 1. The predicted molar refractivity (Wildman–Crippen MR) is 152 cm³/mol. The van der Waals surface area contributed by atoms with Gasteiger partial charge in [0.2, 0.25) is 0 Å². The molecule has 4 aromatic rings. The summed E-state index contributed by atoms with van der Waals surface area (Å²) >= 11 is 7.31. The molecule has 0 unspecified atom stereocenters. The minimum Gasteiger partial charge on any atom is -0.344 e. The van der Waals surface area contributed by atoms with Crippen molar-refractivity contribution in [2.24, 2.45) is 0 Å². The van der Waals surface area contributed by atoms with Gasteiger partial charge in [0.1, 0.15) is 0 Å². The first kappa shape index (κ1) is 28.2. The molecule has 0 fully saturated rings. The van der Waals surface area contributed by atoms with Crippen LogP contribution in [0.15, 0.2) is 90.2 Å². The van der Waals surface area contributed by atoms with Gasteiger partial charge in [0.05, 0.1) is 23.5 Å². The van der Waals surface area contributed by atoms with Gasteiger partial charge in [-0.15, -0.1) is 11.8 Å². The fraction of sp³-hybridized carbons (Fsp3) is 0.207. The molecule has 0 aliphatic carbocycles. The van der Waals surface area contributed by atoms with Crippen LogP contribution >= 0.6 is 24.0 Å². The number of anilines is 1. The molecule has 1 heterocycles. The van der Waals surface area contributed by atoms with Gasteiger partial charge in [0.25, 0.3) is 0 Å². The molecule has 0 saturated heterocycles. The van der Waals surface area contributed by atoms with Crippen LogP contribution in [0.1, 0.15) is 27.9 Å². The predicted octanol–water partition coefficient (Wildman–Crippen LogP) is 6.99. The molecule has 10 heteroatoms. The molecule has 5 nitrogen and oxygen atoms in total. The number of rotatable bonds is 9. The van der Waals surface area contributed by atoms with Crippen molar-refractivity contribution in [1.29, 1.82) is 5.26 Å². The van der Waals surface area contributed by atoms with Crippen molar-refractivity contribution >= 4 is 34.8 Å². The van der Waals surface area contributed by atoms with Crippen LogP contribution in [0.3, 0.4) is 0 Å². The Bertz CT molecular complexity index is 1440. The fourth-order valence-corrected chi connectivity index (χ4v) is 4.78. The lowest BCUT2D eigenvalue weighted by atomic mass is 10.1. The Labute approximate surface area is 235 Å². The van der Waals surface area contributed by atoms with Crippen molar-refractivity contribution in [3.63, 3.8) is 0 Å². The van der Waals surface area contributed by atoms with Crippen LogP contribution in [0.5, 0.6) is 0 Å². The van der Waals surface area contributed by atoms with Gasteiger partial charge in [-0.25, -0.2) is 4.98 Å². The van der Waals surface area contributed by atoms with Crippen molar-refractivity contribution in [2.75, 3.05) is 18.1 Å². The van der Waals surface area contributed by atoms with Gasteiger partial charge in [-0.2, -0.15) is 18.4 Å². The summed E-state index contributed by atoms with van der Waals surface area (Å²) in [6.45, 7) is 0.927. The van der Waals surface area contributed by atoms with Crippen LogP contribution in [-0.4, -0.2) is 32.4 Å². The third kappa shape index (κ3) is 7.62. The smallest absolute Gasteiger partial charge is 0.344 e. The van der Waals surface area contributed by atoms with E-state index in [1.54, 1.807) is 47.4 Å². The molecule has 1 aromatic heterocycles. The highest BCUT2D eigenvalue weighted by Crippen LogP contribution is 2.32. The topological polar surface area (TPSA) is 56.9 Å². The number of thiocarbonyl (C=S) groups is 1. The summed E-state index contributed by atoms with van der Waals surface area (Å²) in [4.78, 5) is 7.13. The molecule has 3 aromatic carbocycles. The summed E-state index contributed by atoms with van der Waals surface area (Å²) in [6.07, 6.45) is 1.51. The molecule has 4 rings (SSSR count). The lowest BCUT2D eigenvalue weighted by molar-refractivity contribution is -0.138. The highest BCUT2D eigenvalue weighted by molar-refractivity contribution is 7.98. The SMILES string of the molecule is CSc1ccc(NC(=S)N(CCc2cncn2Cc2ccc(C#N)cc2)Cc2ccccc2C(F)(F)F)cc1. The number of benzene rings is 3. The van der Waals surface area contributed by atoms with E-state index >= 15 is 0 Å². The third-order valence-corrected chi connectivity index (χ3v) is 7.29. The maximum absolute atomic E-state index is 13.7. The average molecular weight is 566 g/mol. The summed E-state index contributed by atoms with van der Waals surface area (Å²) in [5.74, 6) is 0. The largest absolute Gasteiger partial charge is 0.416 e. The normalized spacial score (nSPS) is 11.2. The number of nitrogens with one attached hydrogen (secondary N) is 1. The molecule has 0 saturated carbocycles. The quantitative estimate of drug-likeness (QED) is 0.174. The van der Waals surface area contributed by atoms with E-state index in [0.29, 0.717) is 30.2 Å². The minimum atomic E-state index is -4.47. The van der Waals surface area contributed by atoms with E-state index in [0.717, 1.165) is 27.9 Å². The van der Waals surface area contributed by atoms with E-state index < -0.39 is 11.7 Å². The Hall–Kier alpha value is -3.81. The second-order valence-corrected chi connectivity index (χ2v) is 10.1. The molecule has 200 valence electrons. The summed E-state index contributed by atoms with van der Waals surface area (Å²) in [5, 5.41) is 12.6. The Kier molecular flexibility index (Phi) is 9.28. The maximum atomic E-state index is 13.7. The number of thioether (sulfide) groups is 1. The van der Waals surface area contributed by atoms with Crippen LogP contribution < -0.4 is 5.32 Å². The molecule has 1 N–H and O–H groups in total. The molecule has 0 spiro atoms. The summed E-state index contributed by atoms with van der Waals surface area (Å²) in [6, 6.07) is 22.7. The van der Waals surface area contributed by atoms with E-state index in [-0.39, 0.29) is 12.1 Å². The highest BCUT2D eigenvalue weighted by atomic mass is 32.2. The van der Waals surface area contributed by atoms with Crippen LogP contribution in [0, 0.1) is 11.3 Å². The number of aromatic nitrogens is 2.